The molecular formula is C22H26N4O2. The van der Waals surface area contributed by atoms with Gasteiger partial charge in [-0.1, -0.05) is 18.2 Å². The monoisotopic (exact) mass is 378 g/mol. The number of fused-ring (bicyclic) bond motifs is 2. The largest absolute Gasteiger partial charge is 0.352 e. The van der Waals surface area contributed by atoms with Gasteiger partial charge in [0.2, 0.25) is 5.91 Å². The second kappa shape index (κ2) is 6.85. The predicted octanol–water partition coefficient (Wildman–Crippen LogP) is 2.24. The Bertz CT molecular complexity index is 926. The molecule has 2 N–H and O–H groups in total. The van der Waals surface area contributed by atoms with Crippen molar-refractivity contribution in [1.29, 1.82) is 0 Å². The fourth-order valence-electron chi connectivity index (χ4n) is 4.79. The van der Waals surface area contributed by atoms with Crippen LogP contribution in [0.2, 0.25) is 0 Å². The molecule has 0 spiro atoms. The summed E-state index contributed by atoms with van der Waals surface area (Å²) in [6.45, 7) is 1.67. The fourth-order valence-corrected chi connectivity index (χ4v) is 4.79. The molecule has 1 aromatic heterocycles. The standard InChI is InChI=1S/C22H26N4O2/c27-20(16-11-15-5-1-2-6-19(15)23-13-16)24-18-12-22(21(28)25-17-7-8-17)9-3-4-10-26(22)14-18/h1-2,5-6,11,13,17-18H,3-4,7-10,12,14H2,(H,24,27)(H,25,28)/t18?,22-/m0/s1. The number of para-hydroxylation sites is 1. The molecule has 1 aromatic carbocycles. The van der Waals surface area contributed by atoms with Gasteiger partial charge in [-0.2, -0.15) is 0 Å². The van der Waals surface area contributed by atoms with E-state index in [0.717, 1.165) is 56.1 Å². The Kier molecular flexibility index (Phi) is 4.31. The van der Waals surface area contributed by atoms with Crippen molar-refractivity contribution in [3.05, 3.63) is 42.1 Å². The van der Waals surface area contributed by atoms with Crippen LogP contribution in [0.4, 0.5) is 0 Å². The van der Waals surface area contributed by atoms with Gasteiger partial charge in [-0.05, 0) is 57.2 Å². The van der Waals surface area contributed by atoms with E-state index in [1.165, 1.54) is 0 Å². The summed E-state index contributed by atoms with van der Waals surface area (Å²) in [5.41, 5.74) is 1.01. The van der Waals surface area contributed by atoms with E-state index in [0.29, 0.717) is 18.0 Å². The second-order valence-corrected chi connectivity index (χ2v) is 8.47. The molecule has 0 bridgehead atoms. The van der Waals surface area contributed by atoms with E-state index in [1.807, 2.05) is 30.3 Å². The summed E-state index contributed by atoms with van der Waals surface area (Å²) in [5.74, 6) is 0.0553. The number of carbonyl (C=O) groups excluding carboxylic acids is 2. The summed E-state index contributed by atoms with van der Waals surface area (Å²) >= 11 is 0. The number of aromatic nitrogens is 1. The normalized spacial score (nSPS) is 27.4. The van der Waals surface area contributed by atoms with Gasteiger partial charge in [-0.3, -0.25) is 19.5 Å². The minimum Gasteiger partial charge on any atom is -0.352 e. The lowest BCUT2D eigenvalue weighted by Gasteiger charge is -2.40. The summed E-state index contributed by atoms with van der Waals surface area (Å²) in [4.78, 5) is 32.6. The molecule has 1 unspecified atom stereocenters. The number of hydrogen-bond donors (Lipinski definition) is 2. The van der Waals surface area contributed by atoms with Crippen LogP contribution in [0.1, 0.15) is 48.9 Å². The predicted molar refractivity (Wildman–Crippen MR) is 107 cm³/mol. The van der Waals surface area contributed by atoms with Crippen molar-refractivity contribution in [1.82, 2.24) is 20.5 Å². The molecule has 6 nitrogen and oxygen atoms in total. The molecule has 1 saturated carbocycles. The van der Waals surface area contributed by atoms with Crippen molar-refractivity contribution < 1.29 is 9.59 Å². The Morgan fingerprint density at radius 3 is 2.82 bits per heavy atom. The maximum absolute atomic E-state index is 13.0. The van der Waals surface area contributed by atoms with E-state index in [4.69, 9.17) is 0 Å². The highest BCUT2D eigenvalue weighted by Gasteiger charge is 2.52. The summed E-state index contributed by atoms with van der Waals surface area (Å²) < 4.78 is 0. The van der Waals surface area contributed by atoms with Gasteiger partial charge in [0, 0.05) is 30.2 Å². The topological polar surface area (TPSA) is 74.3 Å². The molecule has 146 valence electrons. The van der Waals surface area contributed by atoms with Crippen LogP contribution < -0.4 is 10.6 Å². The van der Waals surface area contributed by atoms with Gasteiger partial charge in [0.05, 0.1) is 11.1 Å². The van der Waals surface area contributed by atoms with Crippen molar-refractivity contribution in [3.8, 4) is 0 Å². The molecular weight excluding hydrogens is 352 g/mol. The molecule has 6 heteroatoms. The van der Waals surface area contributed by atoms with Gasteiger partial charge in [-0.25, -0.2) is 0 Å². The number of piperidine rings is 1. The first-order valence-corrected chi connectivity index (χ1v) is 10.4. The first-order valence-electron chi connectivity index (χ1n) is 10.4. The smallest absolute Gasteiger partial charge is 0.253 e. The van der Waals surface area contributed by atoms with Crippen molar-refractivity contribution in [3.63, 3.8) is 0 Å². The van der Waals surface area contributed by atoms with Gasteiger partial charge in [-0.15, -0.1) is 0 Å². The number of hydrogen-bond acceptors (Lipinski definition) is 4. The van der Waals surface area contributed by atoms with E-state index in [-0.39, 0.29) is 17.9 Å². The number of amides is 2. The summed E-state index contributed by atoms with van der Waals surface area (Å²) in [7, 11) is 0. The zero-order valence-electron chi connectivity index (χ0n) is 16.0. The van der Waals surface area contributed by atoms with Gasteiger partial charge < -0.3 is 10.6 Å². The Balaban J connectivity index is 1.32. The number of pyridine rings is 1. The van der Waals surface area contributed by atoms with Crippen LogP contribution in [0.25, 0.3) is 10.9 Å². The molecule has 5 rings (SSSR count). The Hall–Kier alpha value is -2.47. The van der Waals surface area contributed by atoms with E-state index in [2.05, 4.69) is 20.5 Å². The van der Waals surface area contributed by atoms with E-state index >= 15 is 0 Å². The van der Waals surface area contributed by atoms with E-state index in [1.54, 1.807) is 6.20 Å². The van der Waals surface area contributed by atoms with Crippen LogP contribution in [0.5, 0.6) is 0 Å². The summed E-state index contributed by atoms with van der Waals surface area (Å²) in [6.07, 6.45) is 7.59. The summed E-state index contributed by atoms with van der Waals surface area (Å²) in [5, 5.41) is 7.33. The first-order chi connectivity index (χ1) is 13.6. The SMILES string of the molecule is O=C(NC1CN2CCCC[C@@]2(C(=O)NC2CC2)C1)c1cnc2ccccc2c1. The van der Waals surface area contributed by atoms with Gasteiger partial charge >= 0.3 is 0 Å². The van der Waals surface area contributed by atoms with Crippen molar-refractivity contribution in [2.24, 2.45) is 0 Å². The van der Waals surface area contributed by atoms with Crippen LogP contribution in [-0.4, -0.2) is 52.4 Å². The lowest BCUT2D eigenvalue weighted by Crippen LogP contribution is -2.57. The number of nitrogens with one attached hydrogen (secondary N) is 2. The van der Waals surface area contributed by atoms with E-state index in [9.17, 15) is 9.59 Å². The number of carbonyl (C=O) groups is 2. The van der Waals surface area contributed by atoms with Crippen LogP contribution in [-0.2, 0) is 4.79 Å². The van der Waals surface area contributed by atoms with Crippen LogP contribution in [0, 0.1) is 0 Å². The lowest BCUT2D eigenvalue weighted by atomic mass is 9.84. The maximum atomic E-state index is 13.0. The van der Waals surface area contributed by atoms with Gasteiger partial charge in [0.1, 0.15) is 5.54 Å². The minimum absolute atomic E-state index is 0.0120. The van der Waals surface area contributed by atoms with E-state index < -0.39 is 5.54 Å². The lowest BCUT2D eigenvalue weighted by molar-refractivity contribution is -0.134. The summed E-state index contributed by atoms with van der Waals surface area (Å²) in [6, 6.07) is 10.0. The molecule has 28 heavy (non-hydrogen) atoms. The molecule has 0 radical (unpaired) electrons. The average molecular weight is 378 g/mol. The molecule has 1 aliphatic carbocycles. The molecule has 3 fully saturated rings. The Morgan fingerprint density at radius 2 is 1.96 bits per heavy atom. The fraction of sp³-hybridized carbons (Fsp3) is 0.500. The molecule has 2 atom stereocenters. The number of nitrogens with zero attached hydrogens (tertiary/aromatic N) is 2. The van der Waals surface area contributed by atoms with Crippen LogP contribution >= 0.6 is 0 Å². The van der Waals surface area contributed by atoms with Gasteiger partial charge in [0.25, 0.3) is 5.91 Å². The van der Waals surface area contributed by atoms with Crippen LogP contribution in [0.15, 0.2) is 36.5 Å². The second-order valence-electron chi connectivity index (χ2n) is 8.47. The van der Waals surface area contributed by atoms with Crippen molar-refractivity contribution in [2.75, 3.05) is 13.1 Å². The molecule has 2 saturated heterocycles. The minimum atomic E-state index is -0.444. The highest BCUT2D eigenvalue weighted by atomic mass is 16.2. The number of rotatable bonds is 4. The Labute approximate surface area is 164 Å². The Morgan fingerprint density at radius 1 is 1.11 bits per heavy atom. The third-order valence-electron chi connectivity index (χ3n) is 6.42. The molecule has 2 aromatic rings. The third kappa shape index (κ3) is 3.15. The third-order valence-corrected chi connectivity index (χ3v) is 6.42. The van der Waals surface area contributed by atoms with Crippen molar-refractivity contribution in [2.45, 2.75) is 56.1 Å². The van der Waals surface area contributed by atoms with Gasteiger partial charge in [0.15, 0.2) is 0 Å². The quantitative estimate of drug-likeness (QED) is 0.856. The molecule has 2 amide bonds. The first kappa shape index (κ1) is 17.6. The zero-order chi connectivity index (χ0) is 19.1. The molecule has 3 heterocycles. The number of benzene rings is 1. The molecule has 2 aliphatic heterocycles. The zero-order valence-corrected chi connectivity index (χ0v) is 16.0. The highest BCUT2D eigenvalue weighted by molar-refractivity contribution is 5.97. The van der Waals surface area contributed by atoms with Crippen LogP contribution in [0.3, 0.4) is 0 Å². The maximum Gasteiger partial charge on any atom is 0.253 e. The highest BCUT2D eigenvalue weighted by Crippen LogP contribution is 2.39. The van der Waals surface area contributed by atoms with Crippen molar-refractivity contribution >= 4 is 22.7 Å². The molecule has 3 aliphatic rings. The average Bonchev–Trinajstić information content (AvgIpc) is 3.45.